The van der Waals surface area contributed by atoms with Crippen LogP contribution < -0.4 is 16.0 Å². The molecule has 0 amide bonds. The Balaban J connectivity index is 1.24. The van der Waals surface area contributed by atoms with Gasteiger partial charge in [-0.05, 0) is 55.2 Å². The van der Waals surface area contributed by atoms with Gasteiger partial charge in [-0.3, -0.25) is 4.98 Å². The highest BCUT2D eigenvalue weighted by Gasteiger charge is 2.38. The molecule has 1 aromatic carbocycles. The summed E-state index contributed by atoms with van der Waals surface area (Å²) in [4.78, 5) is 10.8. The first-order valence-corrected chi connectivity index (χ1v) is 16.6. The molecule has 1 aliphatic carbocycles. The van der Waals surface area contributed by atoms with Crippen LogP contribution in [0.3, 0.4) is 0 Å². The predicted molar refractivity (Wildman–Crippen MR) is 162 cm³/mol. The Labute approximate surface area is 254 Å². The van der Waals surface area contributed by atoms with E-state index in [0.717, 1.165) is 12.1 Å². The lowest BCUT2D eigenvalue weighted by Crippen LogP contribution is -2.57. The number of rotatable bonds is 9. The van der Waals surface area contributed by atoms with E-state index in [9.17, 15) is 13.5 Å². The van der Waals surface area contributed by atoms with Crippen LogP contribution in [0.25, 0.3) is 16.8 Å². The third kappa shape index (κ3) is 5.99. The number of fused-ring (bicyclic) bond motifs is 1. The molecular formula is C30H35F2N7O4S. The number of nitrogens with two attached hydrogens (primary N) is 1. The SMILES string of the molecule is C[C@H]1CN(c2ccncc2Nc2ncc3ccc(-c4c(F)cc(C5(O)CCC5)cc4F)nn23)C[C@@H](N)[C@H]1OCCS(C)(=O)=O. The number of anilines is 3. The maximum absolute atomic E-state index is 15.2. The van der Waals surface area contributed by atoms with Gasteiger partial charge in [0.2, 0.25) is 5.95 Å². The second-order valence-electron chi connectivity index (χ2n) is 11.9. The molecule has 0 unspecified atom stereocenters. The van der Waals surface area contributed by atoms with Crippen molar-refractivity contribution in [2.45, 2.75) is 43.9 Å². The number of aliphatic hydroxyl groups is 1. The number of piperidine rings is 1. The van der Waals surface area contributed by atoms with E-state index < -0.39 is 27.1 Å². The van der Waals surface area contributed by atoms with Gasteiger partial charge in [0.05, 0.1) is 64.6 Å². The quantitative estimate of drug-likeness (QED) is 0.252. The summed E-state index contributed by atoms with van der Waals surface area (Å²) >= 11 is 0. The van der Waals surface area contributed by atoms with E-state index in [4.69, 9.17) is 10.5 Å². The maximum atomic E-state index is 15.2. The smallest absolute Gasteiger partial charge is 0.229 e. The molecule has 3 aromatic heterocycles. The largest absolute Gasteiger partial charge is 0.385 e. The van der Waals surface area contributed by atoms with Crippen LogP contribution in [-0.4, -0.2) is 77.0 Å². The van der Waals surface area contributed by atoms with E-state index in [1.54, 1.807) is 24.7 Å². The summed E-state index contributed by atoms with van der Waals surface area (Å²) in [6.07, 6.45) is 7.53. The zero-order chi connectivity index (χ0) is 31.2. The van der Waals surface area contributed by atoms with Gasteiger partial charge < -0.3 is 25.8 Å². The summed E-state index contributed by atoms with van der Waals surface area (Å²) < 4.78 is 60.9. The number of pyridine rings is 1. The molecule has 4 N–H and O–H groups in total. The van der Waals surface area contributed by atoms with Crippen LogP contribution in [0.5, 0.6) is 0 Å². The standard InChI is InChI=1S/C30H35F2N7O4S/c1-18-16-38(17-23(33)28(18)43-10-11-44(2,41)42)26-6-9-34-15-25(26)36-29-35-14-20-4-5-24(37-39(20)29)27-21(31)12-19(13-22(27)32)30(40)7-3-8-30/h4-6,9,12-15,18,23,28,40H,3,7-8,10-11,16-17,33H2,1-2H3,(H,35,36)/t18-,23+,28-/m0/s1. The fraction of sp³-hybridized carbons (Fsp3) is 0.433. The minimum absolute atomic E-state index is 0.0111. The molecule has 6 rings (SSSR count). The van der Waals surface area contributed by atoms with E-state index in [1.165, 1.54) is 29.0 Å². The van der Waals surface area contributed by atoms with Crippen LogP contribution in [0, 0.1) is 17.6 Å². The lowest BCUT2D eigenvalue weighted by atomic mass is 9.75. The molecule has 1 aliphatic heterocycles. The number of hydrogen-bond acceptors (Lipinski definition) is 10. The zero-order valence-corrected chi connectivity index (χ0v) is 25.3. The summed E-state index contributed by atoms with van der Waals surface area (Å²) in [6, 6.07) is 7.06. The highest BCUT2D eigenvalue weighted by Crippen LogP contribution is 2.42. The Morgan fingerprint density at radius 1 is 1.16 bits per heavy atom. The van der Waals surface area contributed by atoms with Gasteiger partial charge >= 0.3 is 0 Å². The van der Waals surface area contributed by atoms with Gasteiger partial charge in [0.15, 0.2) is 0 Å². The normalized spacial score (nSPS) is 21.8. The van der Waals surface area contributed by atoms with E-state index >= 15 is 8.78 Å². The molecule has 4 heterocycles. The molecule has 0 radical (unpaired) electrons. The van der Waals surface area contributed by atoms with Gasteiger partial charge in [-0.25, -0.2) is 22.2 Å². The van der Waals surface area contributed by atoms with Gasteiger partial charge in [-0.1, -0.05) is 6.92 Å². The number of hydrogen-bond donors (Lipinski definition) is 3. The lowest BCUT2D eigenvalue weighted by Gasteiger charge is -2.42. The Morgan fingerprint density at radius 3 is 2.57 bits per heavy atom. The van der Waals surface area contributed by atoms with Crippen LogP contribution in [0.2, 0.25) is 0 Å². The van der Waals surface area contributed by atoms with E-state index in [0.29, 0.717) is 43.1 Å². The van der Waals surface area contributed by atoms with Crippen molar-refractivity contribution in [2.24, 2.45) is 11.7 Å². The van der Waals surface area contributed by atoms with Gasteiger partial charge in [0, 0.05) is 37.5 Å². The van der Waals surface area contributed by atoms with Crippen molar-refractivity contribution in [3.63, 3.8) is 0 Å². The monoisotopic (exact) mass is 627 g/mol. The Bertz CT molecular complexity index is 1760. The summed E-state index contributed by atoms with van der Waals surface area (Å²) in [7, 11) is -3.14. The number of halogens is 2. The minimum Gasteiger partial charge on any atom is -0.385 e. The van der Waals surface area contributed by atoms with Gasteiger partial charge in [-0.2, -0.15) is 9.61 Å². The van der Waals surface area contributed by atoms with E-state index in [1.807, 2.05) is 13.0 Å². The van der Waals surface area contributed by atoms with Crippen molar-refractivity contribution in [3.05, 3.63) is 66.1 Å². The summed E-state index contributed by atoms with van der Waals surface area (Å²) in [5.41, 5.74) is 7.36. The molecule has 0 bridgehead atoms. The average molecular weight is 628 g/mol. The first-order chi connectivity index (χ1) is 20.9. The summed E-state index contributed by atoms with van der Waals surface area (Å²) in [5.74, 6) is -1.34. The van der Waals surface area contributed by atoms with Crippen molar-refractivity contribution in [2.75, 3.05) is 41.9 Å². The number of benzene rings is 1. The Hall–Kier alpha value is -3.72. The minimum atomic E-state index is -3.14. The first kappa shape index (κ1) is 30.3. The maximum Gasteiger partial charge on any atom is 0.229 e. The first-order valence-electron chi connectivity index (χ1n) is 14.5. The van der Waals surface area contributed by atoms with Crippen LogP contribution in [0.15, 0.2) is 48.9 Å². The fourth-order valence-corrected chi connectivity index (χ4v) is 6.39. The lowest BCUT2D eigenvalue weighted by molar-refractivity contribution is -0.0392. The third-order valence-electron chi connectivity index (χ3n) is 8.47. The van der Waals surface area contributed by atoms with E-state index in [2.05, 4.69) is 25.3 Å². The number of nitrogens with one attached hydrogen (secondary N) is 1. The van der Waals surface area contributed by atoms with Crippen LogP contribution >= 0.6 is 0 Å². The van der Waals surface area contributed by atoms with Crippen LogP contribution in [0.4, 0.5) is 26.1 Å². The molecule has 14 heteroatoms. The van der Waals surface area contributed by atoms with Crippen molar-refractivity contribution >= 4 is 32.7 Å². The van der Waals surface area contributed by atoms with Crippen LogP contribution in [-0.2, 0) is 20.2 Å². The molecule has 1 saturated carbocycles. The molecule has 4 aromatic rings. The fourth-order valence-electron chi connectivity index (χ4n) is 5.99. The number of imidazole rings is 1. The van der Waals surface area contributed by atoms with Gasteiger partial charge in [0.1, 0.15) is 21.5 Å². The summed E-state index contributed by atoms with van der Waals surface area (Å²) in [6.45, 7) is 3.16. The zero-order valence-electron chi connectivity index (χ0n) is 24.5. The topological polar surface area (TPSA) is 148 Å². The second kappa shape index (κ2) is 11.7. The van der Waals surface area contributed by atoms with Gasteiger partial charge in [-0.15, -0.1) is 0 Å². The van der Waals surface area contributed by atoms with Crippen molar-refractivity contribution < 1.29 is 27.0 Å². The van der Waals surface area contributed by atoms with Crippen molar-refractivity contribution in [3.8, 4) is 11.3 Å². The molecule has 2 fully saturated rings. The average Bonchev–Trinajstić information content (AvgIpc) is 3.34. The number of nitrogens with zero attached hydrogens (tertiary/aromatic N) is 5. The van der Waals surface area contributed by atoms with Crippen LogP contribution in [0.1, 0.15) is 31.7 Å². The van der Waals surface area contributed by atoms with Crippen molar-refractivity contribution in [1.29, 1.82) is 0 Å². The molecule has 11 nitrogen and oxygen atoms in total. The molecule has 3 atom stereocenters. The van der Waals surface area contributed by atoms with E-state index in [-0.39, 0.29) is 47.2 Å². The predicted octanol–water partition coefficient (Wildman–Crippen LogP) is 3.40. The van der Waals surface area contributed by atoms with Crippen molar-refractivity contribution in [1.82, 2.24) is 19.6 Å². The second-order valence-corrected chi connectivity index (χ2v) is 14.1. The number of aromatic nitrogens is 4. The molecule has 2 aliphatic rings. The molecule has 1 saturated heterocycles. The molecule has 44 heavy (non-hydrogen) atoms. The molecule has 0 spiro atoms. The number of sulfone groups is 1. The molecular weight excluding hydrogens is 592 g/mol. The Morgan fingerprint density at radius 2 is 1.91 bits per heavy atom. The van der Waals surface area contributed by atoms with Gasteiger partial charge in [0.25, 0.3) is 0 Å². The third-order valence-corrected chi connectivity index (χ3v) is 9.38. The highest BCUT2D eigenvalue weighted by molar-refractivity contribution is 7.90. The molecule has 234 valence electrons. The Kier molecular flexibility index (Phi) is 8.03. The highest BCUT2D eigenvalue weighted by atomic mass is 32.2. The number of ether oxygens (including phenoxy) is 1. The summed E-state index contributed by atoms with van der Waals surface area (Å²) in [5, 5.41) is 18.4.